The summed E-state index contributed by atoms with van der Waals surface area (Å²) in [6.45, 7) is 4.18. The van der Waals surface area contributed by atoms with Crippen LogP contribution in [0.2, 0.25) is 0 Å². The Morgan fingerprint density at radius 3 is 2.70 bits per heavy atom. The summed E-state index contributed by atoms with van der Waals surface area (Å²) < 4.78 is 0. The first kappa shape index (κ1) is 7.12. The van der Waals surface area contributed by atoms with Crippen LogP contribution in [0.15, 0.2) is 10.9 Å². The highest BCUT2D eigenvalue weighted by atomic mass is 16.1. The summed E-state index contributed by atoms with van der Waals surface area (Å²) in [5.74, 6) is 0.443. The van der Waals surface area contributed by atoms with Crippen LogP contribution in [0.5, 0.6) is 0 Å². The minimum absolute atomic E-state index is 0.0460. The largest absolute Gasteiger partial charge is 0.302 e. The average molecular weight is 140 g/mol. The van der Waals surface area contributed by atoms with Crippen LogP contribution >= 0.6 is 0 Å². The van der Waals surface area contributed by atoms with E-state index in [2.05, 4.69) is 24.0 Å². The Balaban J connectivity index is 2.84. The maximum atomic E-state index is 10.6. The summed E-state index contributed by atoms with van der Waals surface area (Å²) in [6, 6.07) is 1.61. The van der Waals surface area contributed by atoms with Crippen molar-refractivity contribution in [1.82, 2.24) is 10.2 Å². The second-order valence-electron chi connectivity index (χ2n) is 2.52. The van der Waals surface area contributed by atoms with Gasteiger partial charge >= 0.3 is 0 Å². The van der Waals surface area contributed by atoms with Crippen molar-refractivity contribution in [2.45, 2.75) is 26.2 Å². The average Bonchev–Trinajstić information content (AvgIpc) is 2.34. The van der Waals surface area contributed by atoms with E-state index in [-0.39, 0.29) is 5.56 Å². The molecule has 1 unspecified atom stereocenters. The van der Waals surface area contributed by atoms with E-state index in [9.17, 15) is 4.79 Å². The molecule has 0 aliphatic carbocycles. The molecule has 0 bridgehead atoms. The van der Waals surface area contributed by atoms with E-state index >= 15 is 0 Å². The predicted molar refractivity (Wildman–Crippen MR) is 40.1 cm³/mol. The standard InChI is InChI=1S/C7H12N2O/c1-3-5(2)6-4-7(10)9-8-6/h4-5H,3H2,1-2H3,(H2,8,9,10). The van der Waals surface area contributed by atoms with Gasteiger partial charge in [0.15, 0.2) is 0 Å². The summed E-state index contributed by atoms with van der Waals surface area (Å²) in [5.41, 5.74) is 0.947. The van der Waals surface area contributed by atoms with Gasteiger partial charge in [0.25, 0.3) is 5.56 Å². The lowest BCUT2D eigenvalue weighted by atomic mass is 10.1. The normalized spacial score (nSPS) is 13.4. The molecule has 0 spiro atoms. The number of nitrogens with one attached hydrogen (secondary N) is 2. The molecule has 3 heteroatoms. The van der Waals surface area contributed by atoms with Crippen molar-refractivity contribution >= 4 is 0 Å². The zero-order valence-electron chi connectivity index (χ0n) is 6.27. The second-order valence-corrected chi connectivity index (χ2v) is 2.52. The molecule has 2 N–H and O–H groups in total. The topological polar surface area (TPSA) is 48.6 Å². The lowest BCUT2D eigenvalue weighted by Crippen LogP contribution is -1.94. The van der Waals surface area contributed by atoms with Gasteiger partial charge < -0.3 is 5.10 Å². The van der Waals surface area contributed by atoms with Crippen molar-refractivity contribution in [2.75, 3.05) is 0 Å². The van der Waals surface area contributed by atoms with Crippen LogP contribution in [-0.2, 0) is 0 Å². The molecule has 10 heavy (non-hydrogen) atoms. The minimum Gasteiger partial charge on any atom is -0.302 e. The molecule has 0 amide bonds. The molecular weight excluding hydrogens is 128 g/mol. The third-order valence-corrected chi connectivity index (χ3v) is 1.76. The van der Waals surface area contributed by atoms with Gasteiger partial charge in [0.05, 0.1) is 0 Å². The van der Waals surface area contributed by atoms with Crippen LogP contribution in [0.25, 0.3) is 0 Å². The van der Waals surface area contributed by atoms with Crippen LogP contribution < -0.4 is 5.56 Å². The second kappa shape index (κ2) is 2.73. The van der Waals surface area contributed by atoms with Gasteiger partial charge in [-0.3, -0.25) is 9.89 Å². The van der Waals surface area contributed by atoms with E-state index < -0.39 is 0 Å². The molecule has 1 rings (SSSR count). The fourth-order valence-corrected chi connectivity index (χ4v) is 0.833. The molecule has 1 aromatic rings. The van der Waals surface area contributed by atoms with E-state index in [4.69, 9.17) is 0 Å². The monoisotopic (exact) mass is 140 g/mol. The maximum Gasteiger partial charge on any atom is 0.264 e. The van der Waals surface area contributed by atoms with Gasteiger partial charge in [-0.2, -0.15) is 0 Å². The molecule has 0 aliphatic heterocycles. The highest BCUT2D eigenvalue weighted by Gasteiger charge is 2.03. The zero-order valence-corrected chi connectivity index (χ0v) is 6.27. The van der Waals surface area contributed by atoms with Crippen molar-refractivity contribution in [3.8, 4) is 0 Å². The lowest BCUT2D eigenvalue weighted by Gasteiger charge is -2.02. The number of rotatable bonds is 2. The van der Waals surface area contributed by atoms with Crippen LogP contribution in [-0.4, -0.2) is 10.2 Å². The first-order valence-electron chi connectivity index (χ1n) is 3.51. The summed E-state index contributed by atoms with van der Waals surface area (Å²) in [7, 11) is 0. The molecule has 1 heterocycles. The van der Waals surface area contributed by atoms with Gasteiger partial charge in [0.2, 0.25) is 0 Å². The fourth-order valence-electron chi connectivity index (χ4n) is 0.833. The van der Waals surface area contributed by atoms with Crippen LogP contribution in [0.1, 0.15) is 31.9 Å². The Labute approximate surface area is 59.4 Å². The van der Waals surface area contributed by atoms with E-state index in [1.807, 2.05) is 0 Å². The zero-order chi connectivity index (χ0) is 7.56. The maximum absolute atomic E-state index is 10.6. The van der Waals surface area contributed by atoms with Gasteiger partial charge in [-0.1, -0.05) is 13.8 Å². The number of H-pyrrole nitrogens is 2. The molecule has 0 aliphatic rings. The molecule has 56 valence electrons. The minimum atomic E-state index is -0.0460. The Hall–Kier alpha value is -0.990. The fraction of sp³-hybridized carbons (Fsp3) is 0.571. The highest BCUT2D eigenvalue weighted by molar-refractivity contribution is 5.03. The molecular formula is C7H12N2O. The van der Waals surface area contributed by atoms with E-state index in [1.54, 1.807) is 6.07 Å². The first-order valence-corrected chi connectivity index (χ1v) is 3.51. The number of hydrogen-bond acceptors (Lipinski definition) is 1. The Morgan fingerprint density at radius 2 is 2.30 bits per heavy atom. The molecule has 1 aromatic heterocycles. The molecule has 0 saturated carbocycles. The first-order chi connectivity index (χ1) is 4.74. The molecule has 0 saturated heterocycles. The lowest BCUT2D eigenvalue weighted by molar-refractivity contribution is 0.703. The third kappa shape index (κ3) is 1.29. The van der Waals surface area contributed by atoms with Gasteiger partial charge in [0.1, 0.15) is 0 Å². The number of hydrogen-bond donors (Lipinski definition) is 2. The van der Waals surface area contributed by atoms with Crippen molar-refractivity contribution < 1.29 is 0 Å². The Kier molecular flexibility index (Phi) is 1.94. The van der Waals surface area contributed by atoms with E-state index in [0.717, 1.165) is 12.1 Å². The molecule has 1 atom stereocenters. The Bertz CT molecular complexity index is 248. The smallest absolute Gasteiger partial charge is 0.264 e. The van der Waals surface area contributed by atoms with Crippen LogP contribution in [0.3, 0.4) is 0 Å². The number of aromatic amines is 2. The van der Waals surface area contributed by atoms with Crippen LogP contribution in [0, 0.1) is 0 Å². The van der Waals surface area contributed by atoms with Crippen molar-refractivity contribution in [1.29, 1.82) is 0 Å². The number of aromatic nitrogens is 2. The van der Waals surface area contributed by atoms with Crippen molar-refractivity contribution in [3.63, 3.8) is 0 Å². The van der Waals surface area contributed by atoms with Gasteiger partial charge in [-0.25, -0.2) is 0 Å². The molecule has 0 fully saturated rings. The summed E-state index contributed by atoms with van der Waals surface area (Å²) in [6.07, 6.45) is 1.05. The third-order valence-electron chi connectivity index (χ3n) is 1.76. The predicted octanol–water partition coefficient (Wildman–Crippen LogP) is 1.22. The molecule has 3 nitrogen and oxygen atoms in total. The van der Waals surface area contributed by atoms with E-state index in [0.29, 0.717) is 5.92 Å². The molecule has 0 aromatic carbocycles. The SMILES string of the molecule is CCC(C)c1cc(=O)[nH][nH]1. The highest BCUT2D eigenvalue weighted by Crippen LogP contribution is 2.12. The van der Waals surface area contributed by atoms with Gasteiger partial charge in [-0.05, 0) is 12.3 Å². The summed E-state index contributed by atoms with van der Waals surface area (Å²) in [4.78, 5) is 10.6. The molecule has 0 radical (unpaired) electrons. The van der Waals surface area contributed by atoms with Crippen molar-refractivity contribution in [3.05, 3.63) is 22.1 Å². The quantitative estimate of drug-likeness (QED) is 0.637. The van der Waals surface area contributed by atoms with Gasteiger partial charge in [0, 0.05) is 11.8 Å². The van der Waals surface area contributed by atoms with Crippen LogP contribution in [0.4, 0.5) is 0 Å². The summed E-state index contributed by atoms with van der Waals surface area (Å²) >= 11 is 0. The van der Waals surface area contributed by atoms with E-state index in [1.165, 1.54) is 0 Å². The van der Waals surface area contributed by atoms with Crippen molar-refractivity contribution in [2.24, 2.45) is 0 Å². The summed E-state index contributed by atoms with van der Waals surface area (Å²) in [5, 5.41) is 5.32. The Morgan fingerprint density at radius 1 is 1.60 bits per heavy atom. The van der Waals surface area contributed by atoms with Gasteiger partial charge in [-0.15, -0.1) is 0 Å².